The topological polar surface area (TPSA) is 95.7 Å². The van der Waals surface area contributed by atoms with E-state index in [-0.39, 0.29) is 18.7 Å². The average molecular weight is 214 g/mol. The first kappa shape index (κ1) is 11.8. The highest BCUT2D eigenvalue weighted by atomic mass is 16.5. The van der Waals surface area contributed by atoms with Gasteiger partial charge in [0.1, 0.15) is 6.10 Å². The largest absolute Gasteiger partial charge is 0.480 e. The van der Waals surface area contributed by atoms with Gasteiger partial charge < -0.3 is 20.1 Å². The molecule has 0 amide bonds. The fourth-order valence-electron chi connectivity index (χ4n) is 1.08. The van der Waals surface area contributed by atoms with Gasteiger partial charge in [0.05, 0.1) is 18.9 Å². The monoisotopic (exact) mass is 214 g/mol. The molecule has 0 spiro atoms. The highest BCUT2D eigenvalue weighted by molar-refractivity contribution is 5.13. The number of methoxy groups -OCH3 is 1. The van der Waals surface area contributed by atoms with Crippen molar-refractivity contribution in [2.75, 3.05) is 13.7 Å². The predicted molar refractivity (Wildman–Crippen MR) is 51.3 cm³/mol. The van der Waals surface area contributed by atoms with Crippen LogP contribution in [0.4, 0.5) is 0 Å². The zero-order valence-corrected chi connectivity index (χ0v) is 8.37. The molecule has 1 heterocycles. The Morgan fingerprint density at radius 3 is 2.53 bits per heavy atom. The zero-order chi connectivity index (χ0) is 11.3. The van der Waals surface area contributed by atoms with Crippen LogP contribution in [0.5, 0.6) is 5.88 Å². The normalized spacial score (nSPS) is 14.7. The Hall–Kier alpha value is -1.24. The maximum atomic E-state index is 9.58. The standard InChI is InChI=1S/C9H14N2O4/c1-15-8-3-2-6(10-11-8)9(14)7(13)4-5-12/h2-3,7,9,12-14H,4-5H2,1H3. The van der Waals surface area contributed by atoms with E-state index in [9.17, 15) is 10.2 Å². The molecule has 0 saturated heterocycles. The van der Waals surface area contributed by atoms with Crippen LogP contribution in [0.25, 0.3) is 0 Å². The Morgan fingerprint density at radius 2 is 2.07 bits per heavy atom. The molecule has 3 N–H and O–H groups in total. The summed E-state index contributed by atoms with van der Waals surface area (Å²) in [5.74, 6) is 0.336. The summed E-state index contributed by atoms with van der Waals surface area (Å²) in [4.78, 5) is 0. The molecule has 1 aromatic heterocycles. The highest BCUT2D eigenvalue weighted by Crippen LogP contribution is 2.17. The molecule has 0 aliphatic rings. The summed E-state index contributed by atoms with van der Waals surface area (Å²) in [5, 5.41) is 34.9. The Morgan fingerprint density at radius 1 is 1.33 bits per heavy atom. The van der Waals surface area contributed by atoms with Crippen molar-refractivity contribution in [3.8, 4) is 5.88 Å². The van der Waals surface area contributed by atoms with Crippen LogP contribution in [0.1, 0.15) is 18.2 Å². The van der Waals surface area contributed by atoms with Crippen LogP contribution in [0, 0.1) is 0 Å². The number of nitrogens with zero attached hydrogens (tertiary/aromatic N) is 2. The summed E-state index contributed by atoms with van der Waals surface area (Å²) >= 11 is 0. The molecule has 0 saturated carbocycles. The molecule has 0 aliphatic carbocycles. The smallest absolute Gasteiger partial charge is 0.233 e. The van der Waals surface area contributed by atoms with Crippen molar-refractivity contribution in [3.63, 3.8) is 0 Å². The van der Waals surface area contributed by atoms with Crippen molar-refractivity contribution >= 4 is 0 Å². The highest BCUT2D eigenvalue weighted by Gasteiger charge is 2.19. The lowest BCUT2D eigenvalue weighted by molar-refractivity contribution is 0.00136. The number of aromatic nitrogens is 2. The Bertz CT molecular complexity index is 291. The van der Waals surface area contributed by atoms with Gasteiger partial charge in [-0.3, -0.25) is 0 Å². The Kier molecular flexibility index (Phi) is 4.41. The summed E-state index contributed by atoms with van der Waals surface area (Å²) in [6.07, 6.45) is -2.09. The van der Waals surface area contributed by atoms with E-state index in [4.69, 9.17) is 9.84 Å². The quantitative estimate of drug-likeness (QED) is 0.597. The van der Waals surface area contributed by atoms with Crippen LogP contribution < -0.4 is 4.74 Å². The van der Waals surface area contributed by atoms with Gasteiger partial charge in [-0.15, -0.1) is 10.2 Å². The first-order chi connectivity index (χ1) is 7.19. The van der Waals surface area contributed by atoms with Crippen LogP contribution in [0.3, 0.4) is 0 Å². The summed E-state index contributed by atoms with van der Waals surface area (Å²) in [6.45, 7) is -0.193. The molecule has 6 heteroatoms. The molecule has 2 unspecified atom stereocenters. The first-order valence-corrected chi connectivity index (χ1v) is 4.53. The SMILES string of the molecule is COc1ccc(C(O)C(O)CCO)nn1. The maximum absolute atomic E-state index is 9.58. The van der Waals surface area contributed by atoms with E-state index in [1.165, 1.54) is 19.2 Å². The molecule has 0 aliphatic heterocycles. The van der Waals surface area contributed by atoms with Crippen molar-refractivity contribution in [2.24, 2.45) is 0 Å². The molecule has 84 valence electrons. The lowest BCUT2D eigenvalue weighted by Crippen LogP contribution is -2.20. The lowest BCUT2D eigenvalue weighted by atomic mass is 10.1. The second-order valence-corrected chi connectivity index (χ2v) is 3.03. The van der Waals surface area contributed by atoms with E-state index < -0.39 is 12.2 Å². The Balaban J connectivity index is 2.69. The van der Waals surface area contributed by atoms with Gasteiger partial charge in [-0.2, -0.15) is 0 Å². The molecule has 1 aromatic rings. The van der Waals surface area contributed by atoms with E-state index >= 15 is 0 Å². The molecule has 0 bridgehead atoms. The molecule has 0 aromatic carbocycles. The fourth-order valence-corrected chi connectivity index (χ4v) is 1.08. The van der Waals surface area contributed by atoms with Crippen LogP contribution in [0.15, 0.2) is 12.1 Å². The minimum atomic E-state index is -1.14. The average Bonchev–Trinajstić information content (AvgIpc) is 2.28. The number of hydrogen-bond donors (Lipinski definition) is 3. The van der Waals surface area contributed by atoms with Crippen LogP contribution in [-0.2, 0) is 0 Å². The van der Waals surface area contributed by atoms with Crippen molar-refractivity contribution in [2.45, 2.75) is 18.6 Å². The van der Waals surface area contributed by atoms with Crippen molar-refractivity contribution in [1.29, 1.82) is 0 Å². The summed E-state index contributed by atoms with van der Waals surface area (Å²) < 4.78 is 4.80. The van der Waals surface area contributed by atoms with Gasteiger partial charge in [-0.25, -0.2) is 0 Å². The number of aliphatic hydroxyl groups is 3. The van der Waals surface area contributed by atoms with E-state index in [0.29, 0.717) is 5.88 Å². The molecule has 0 radical (unpaired) electrons. The minimum Gasteiger partial charge on any atom is -0.480 e. The summed E-state index contributed by atoms with van der Waals surface area (Å²) in [5.41, 5.74) is 0.247. The van der Waals surface area contributed by atoms with E-state index in [0.717, 1.165) is 0 Å². The van der Waals surface area contributed by atoms with Gasteiger partial charge in [-0.1, -0.05) is 0 Å². The van der Waals surface area contributed by atoms with E-state index in [2.05, 4.69) is 10.2 Å². The fraction of sp³-hybridized carbons (Fsp3) is 0.556. The van der Waals surface area contributed by atoms with Gasteiger partial charge in [0.2, 0.25) is 5.88 Å². The molecular weight excluding hydrogens is 200 g/mol. The van der Waals surface area contributed by atoms with Gasteiger partial charge >= 0.3 is 0 Å². The molecular formula is C9H14N2O4. The number of aliphatic hydroxyl groups excluding tert-OH is 3. The maximum Gasteiger partial charge on any atom is 0.233 e. The van der Waals surface area contributed by atoms with Crippen molar-refractivity contribution in [1.82, 2.24) is 10.2 Å². The lowest BCUT2D eigenvalue weighted by Gasteiger charge is -2.15. The van der Waals surface area contributed by atoms with E-state index in [1.807, 2.05) is 0 Å². The number of ether oxygens (including phenoxy) is 1. The van der Waals surface area contributed by atoms with Crippen LogP contribution >= 0.6 is 0 Å². The second-order valence-electron chi connectivity index (χ2n) is 3.03. The zero-order valence-electron chi connectivity index (χ0n) is 8.37. The summed E-state index contributed by atoms with van der Waals surface area (Å²) in [7, 11) is 1.46. The molecule has 2 atom stereocenters. The summed E-state index contributed by atoms with van der Waals surface area (Å²) in [6, 6.07) is 3.05. The molecule has 1 rings (SSSR count). The second kappa shape index (κ2) is 5.59. The minimum absolute atomic E-state index is 0.0921. The number of hydrogen-bond acceptors (Lipinski definition) is 6. The van der Waals surface area contributed by atoms with Crippen LogP contribution in [0.2, 0.25) is 0 Å². The van der Waals surface area contributed by atoms with E-state index in [1.54, 1.807) is 0 Å². The first-order valence-electron chi connectivity index (χ1n) is 4.53. The third-order valence-corrected chi connectivity index (χ3v) is 1.96. The van der Waals surface area contributed by atoms with Crippen LogP contribution in [-0.4, -0.2) is 45.3 Å². The van der Waals surface area contributed by atoms with Crippen molar-refractivity contribution < 1.29 is 20.1 Å². The third kappa shape index (κ3) is 3.12. The Labute approximate surface area is 87.2 Å². The third-order valence-electron chi connectivity index (χ3n) is 1.96. The van der Waals surface area contributed by atoms with Crippen molar-refractivity contribution in [3.05, 3.63) is 17.8 Å². The molecule has 15 heavy (non-hydrogen) atoms. The van der Waals surface area contributed by atoms with Gasteiger partial charge in [0, 0.05) is 12.7 Å². The molecule has 6 nitrogen and oxygen atoms in total. The van der Waals surface area contributed by atoms with Gasteiger partial charge in [-0.05, 0) is 12.5 Å². The predicted octanol–water partition coefficient (Wildman–Crippen LogP) is -0.738. The molecule has 0 fully saturated rings. The van der Waals surface area contributed by atoms with Gasteiger partial charge in [0.15, 0.2) is 0 Å². The van der Waals surface area contributed by atoms with Gasteiger partial charge in [0.25, 0.3) is 0 Å². The number of rotatable bonds is 5.